The summed E-state index contributed by atoms with van der Waals surface area (Å²) in [7, 11) is 0. The highest BCUT2D eigenvalue weighted by atomic mass is 16.2. The van der Waals surface area contributed by atoms with Gasteiger partial charge in [-0.2, -0.15) is 0 Å². The van der Waals surface area contributed by atoms with Crippen molar-refractivity contribution in [1.82, 2.24) is 19.8 Å². The minimum Gasteiger partial charge on any atom is -0.333 e. The number of nitrogens with one attached hydrogen (secondary N) is 1. The third kappa shape index (κ3) is 2.44. The van der Waals surface area contributed by atoms with Gasteiger partial charge in [0.1, 0.15) is 0 Å². The Kier molecular flexibility index (Phi) is 3.52. The fourth-order valence-electron chi connectivity index (χ4n) is 2.52. The molecule has 1 aliphatic rings. The van der Waals surface area contributed by atoms with Crippen LogP contribution in [0.3, 0.4) is 0 Å². The molecule has 1 amide bonds. The summed E-state index contributed by atoms with van der Waals surface area (Å²) >= 11 is 0. The molecule has 1 fully saturated rings. The molecule has 3 rings (SSSR count). The molecule has 0 saturated carbocycles. The number of piperazine rings is 1. The van der Waals surface area contributed by atoms with Gasteiger partial charge in [0.2, 0.25) is 0 Å². The van der Waals surface area contributed by atoms with Crippen molar-refractivity contribution in [2.24, 2.45) is 0 Å². The van der Waals surface area contributed by atoms with Crippen LogP contribution >= 0.6 is 0 Å². The van der Waals surface area contributed by atoms with Crippen molar-refractivity contribution in [3.05, 3.63) is 48.5 Å². The van der Waals surface area contributed by atoms with Gasteiger partial charge in [0.15, 0.2) is 0 Å². The zero-order chi connectivity index (χ0) is 13.9. The molecular formula is C15H18N4O. The molecule has 104 valence electrons. The summed E-state index contributed by atoms with van der Waals surface area (Å²) in [5.74, 6) is 0.0981. The lowest BCUT2D eigenvalue weighted by atomic mass is 10.1. The molecule has 1 saturated heterocycles. The Balaban J connectivity index is 1.86. The van der Waals surface area contributed by atoms with Crippen molar-refractivity contribution in [2.45, 2.75) is 13.0 Å². The molecule has 1 aromatic carbocycles. The van der Waals surface area contributed by atoms with Gasteiger partial charge in [-0.25, -0.2) is 4.98 Å². The van der Waals surface area contributed by atoms with E-state index in [2.05, 4.69) is 17.2 Å². The van der Waals surface area contributed by atoms with E-state index in [1.165, 1.54) is 0 Å². The highest BCUT2D eigenvalue weighted by Gasteiger charge is 2.24. The molecule has 0 bridgehead atoms. The zero-order valence-electron chi connectivity index (χ0n) is 11.5. The molecule has 1 atom stereocenters. The maximum atomic E-state index is 12.6. The van der Waals surface area contributed by atoms with Gasteiger partial charge in [-0.05, 0) is 25.1 Å². The predicted octanol–water partition coefficient (Wildman–Crippen LogP) is 1.31. The smallest absolute Gasteiger partial charge is 0.254 e. The quantitative estimate of drug-likeness (QED) is 0.895. The summed E-state index contributed by atoms with van der Waals surface area (Å²) in [6.45, 7) is 4.54. The minimum atomic E-state index is 0.0981. The Morgan fingerprint density at radius 3 is 3.10 bits per heavy atom. The fraction of sp³-hybridized carbons (Fsp3) is 0.333. The first-order valence-electron chi connectivity index (χ1n) is 6.86. The first-order valence-corrected chi connectivity index (χ1v) is 6.86. The lowest BCUT2D eigenvalue weighted by molar-refractivity contribution is 0.0655. The van der Waals surface area contributed by atoms with Crippen molar-refractivity contribution in [3.63, 3.8) is 0 Å². The Labute approximate surface area is 118 Å². The summed E-state index contributed by atoms with van der Waals surface area (Å²) in [5, 5.41) is 3.30. The van der Waals surface area contributed by atoms with Gasteiger partial charge in [-0.1, -0.05) is 6.07 Å². The standard InChI is InChI=1S/C15H18N4O/c1-12-10-16-6-8-19(12)15(20)13-3-2-4-14(9-13)18-7-5-17-11-18/h2-5,7,9,11-12,16H,6,8,10H2,1H3/t12-/m0/s1. The number of carbonyl (C=O) groups is 1. The van der Waals surface area contributed by atoms with Crippen LogP contribution in [0.2, 0.25) is 0 Å². The van der Waals surface area contributed by atoms with Crippen LogP contribution in [0.1, 0.15) is 17.3 Å². The SMILES string of the molecule is C[C@H]1CNCCN1C(=O)c1cccc(-n2ccnc2)c1. The largest absolute Gasteiger partial charge is 0.333 e. The molecule has 0 unspecified atom stereocenters. The van der Waals surface area contributed by atoms with E-state index in [1.54, 1.807) is 12.5 Å². The molecule has 0 aliphatic carbocycles. The third-order valence-corrected chi connectivity index (χ3v) is 3.66. The van der Waals surface area contributed by atoms with Crippen LogP contribution in [-0.2, 0) is 0 Å². The molecule has 1 aromatic heterocycles. The summed E-state index contributed by atoms with van der Waals surface area (Å²) < 4.78 is 1.90. The van der Waals surface area contributed by atoms with Crippen molar-refractivity contribution >= 4 is 5.91 Å². The van der Waals surface area contributed by atoms with Crippen LogP contribution in [-0.4, -0.2) is 46.0 Å². The van der Waals surface area contributed by atoms with E-state index in [4.69, 9.17) is 0 Å². The van der Waals surface area contributed by atoms with E-state index in [0.29, 0.717) is 0 Å². The lowest BCUT2D eigenvalue weighted by Gasteiger charge is -2.34. The van der Waals surface area contributed by atoms with E-state index in [-0.39, 0.29) is 11.9 Å². The Hall–Kier alpha value is -2.14. The van der Waals surface area contributed by atoms with E-state index in [9.17, 15) is 4.79 Å². The number of amides is 1. The summed E-state index contributed by atoms with van der Waals surface area (Å²) in [6.07, 6.45) is 5.33. The van der Waals surface area contributed by atoms with Gasteiger partial charge < -0.3 is 14.8 Å². The summed E-state index contributed by atoms with van der Waals surface area (Å²) in [4.78, 5) is 18.6. The van der Waals surface area contributed by atoms with Crippen molar-refractivity contribution < 1.29 is 4.79 Å². The topological polar surface area (TPSA) is 50.2 Å². The fourth-order valence-corrected chi connectivity index (χ4v) is 2.52. The molecule has 0 radical (unpaired) electrons. The number of carbonyl (C=O) groups excluding carboxylic acids is 1. The van der Waals surface area contributed by atoms with E-state index >= 15 is 0 Å². The number of imidazole rings is 1. The Morgan fingerprint density at radius 1 is 1.45 bits per heavy atom. The highest BCUT2D eigenvalue weighted by molar-refractivity contribution is 5.95. The molecule has 20 heavy (non-hydrogen) atoms. The van der Waals surface area contributed by atoms with E-state index in [1.807, 2.05) is 39.9 Å². The normalized spacial score (nSPS) is 19.1. The van der Waals surface area contributed by atoms with Gasteiger partial charge >= 0.3 is 0 Å². The number of hydrogen-bond donors (Lipinski definition) is 1. The minimum absolute atomic E-state index is 0.0981. The summed E-state index contributed by atoms with van der Waals surface area (Å²) in [6, 6.07) is 7.90. The second-order valence-electron chi connectivity index (χ2n) is 5.07. The second-order valence-corrected chi connectivity index (χ2v) is 5.07. The molecule has 0 spiro atoms. The van der Waals surface area contributed by atoms with Crippen LogP contribution < -0.4 is 5.32 Å². The highest BCUT2D eigenvalue weighted by Crippen LogP contribution is 2.14. The number of aromatic nitrogens is 2. The van der Waals surface area contributed by atoms with Crippen LogP contribution in [0.25, 0.3) is 5.69 Å². The van der Waals surface area contributed by atoms with Crippen molar-refractivity contribution in [1.29, 1.82) is 0 Å². The zero-order valence-corrected chi connectivity index (χ0v) is 11.5. The molecule has 5 heteroatoms. The molecule has 1 N–H and O–H groups in total. The van der Waals surface area contributed by atoms with Crippen LogP contribution in [0.4, 0.5) is 0 Å². The Bertz CT molecular complexity index is 594. The maximum absolute atomic E-state index is 12.6. The van der Waals surface area contributed by atoms with Gasteiger partial charge in [-0.15, -0.1) is 0 Å². The third-order valence-electron chi connectivity index (χ3n) is 3.66. The maximum Gasteiger partial charge on any atom is 0.254 e. The van der Waals surface area contributed by atoms with Gasteiger partial charge in [0.05, 0.1) is 6.33 Å². The molecule has 2 aromatic rings. The molecule has 1 aliphatic heterocycles. The van der Waals surface area contributed by atoms with Crippen LogP contribution in [0, 0.1) is 0 Å². The Morgan fingerprint density at radius 2 is 2.35 bits per heavy atom. The number of hydrogen-bond acceptors (Lipinski definition) is 3. The first kappa shape index (κ1) is 12.9. The first-order chi connectivity index (χ1) is 9.75. The van der Waals surface area contributed by atoms with Crippen LogP contribution in [0.5, 0.6) is 0 Å². The lowest BCUT2D eigenvalue weighted by Crippen LogP contribution is -2.52. The average molecular weight is 270 g/mol. The van der Waals surface area contributed by atoms with Crippen molar-refractivity contribution in [2.75, 3.05) is 19.6 Å². The number of rotatable bonds is 2. The number of nitrogens with zero attached hydrogens (tertiary/aromatic N) is 3. The predicted molar refractivity (Wildman–Crippen MR) is 76.9 cm³/mol. The van der Waals surface area contributed by atoms with Gasteiger partial charge in [-0.3, -0.25) is 4.79 Å². The second kappa shape index (κ2) is 5.46. The van der Waals surface area contributed by atoms with E-state index < -0.39 is 0 Å². The van der Waals surface area contributed by atoms with Gasteiger partial charge in [0.25, 0.3) is 5.91 Å². The molecule has 5 nitrogen and oxygen atoms in total. The van der Waals surface area contributed by atoms with Crippen molar-refractivity contribution in [3.8, 4) is 5.69 Å². The van der Waals surface area contributed by atoms with Gasteiger partial charge in [0, 0.05) is 49.3 Å². The number of benzene rings is 1. The van der Waals surface area contributed by atoms with Crippen LogP contribution in [0.15, 0.2) is 43.0 Å². The van der Waals surface area contributed by atoms with E-state index in [0.717, 1.165) is 30.9 Å². The summed E-state index contributed by atoms with van der Waals surface area (Å²) in [5.41, 5.74) is 1.68. The average Bonchev–Trinajstić information content (AvgIpc) is 3.01. The molecular weight excluding hydrogens is 252 g/mol. The molecule has 2 heterocycles. The monoisotopic (exact) mass is 270 g/mol.